The van der Waals surface area contributed by atoms with E-state index in [0.29, 0.717) is 29.3 Å². The van der Waals surface area contributed by atoms with Gasteiger partial charge in [0, 0.05) is 17.2 Å². The fourth-order valence-electron chi connectivity index (χ4n) is 3.71. The number of nitrogens with zero attached hydrogens (tertiary/aromatic N) is 2. The van der Waals surface area contributed by atoms with Gasteiger partial charge in [-0.1, -0.05) is 32.0 Å². The summed E-state index contributed by atoms with van der Waals surface area (Å²) in [5.41, 5.74) is 1.31. The number of carbonyl (C=O) groups is 1. The van der Waals surface area contributed by atoms with Crippen LogP contribution in [0.3, 0.4) is 0 Å². The number of amides is 1. The summed E-state index contributed by atoms with van der Waals surface area (Å²) in [6.45, 7) is 4.25. The van der Waals surface area contributed by atoms with Crippen molar-refractivity contribution < 1.29 is 22.7 Å². The molecule has 10 heteroatoms. The zero-order valence-corrected chi connectivity index (χ0v) is 19.9. The van der Waals surface area contributed by atoms with Crippen molar-refractivity contribution >= 4 is 21.9 Å². The van der Waals surface area contributed by atoms with Crippen molar-refractivity contribution in [2.45, 2.75) is 31.2 Å². The lowest BCUT2D eigenvalue weighted by molar-refractivity contribution is 0.0913. The minimum absolute atomic E-state index is 0.0754. The van der Waals surface area contributed by atoms with E-state index in [1.165, 1.54) is 18.2 Å². The first-order chi connectivity index (χ1) is 16.2. The number of hydrogen-bond donors (Lipinski definition) is 2. The van der Waals surface area contributed by atoms with Gasteiger partial charge in [0.05, 0.1) is 23.7 Å². The number of nitrogens with one attached hydrogen (secondary N) is 2. The molecule has 1 aliphatic rings. The van der Waals surface area contributed by atoms with Crippen LogP contribution in [-0.2, 0) is 10.0 Å². The number of hydrogen-bond acceptors (Lipinski definition) is 7. The molecule has 0 saturated carbocycles. The van der Waals surface area contributed by atoms with Gasteiger partial charge in [-0.15, -0.1) is 0 Å². The third kappa shape index (κ3) is 5.28. The van der Waals surface area contributed by atoms with E-state index < -0.39 is 10.0 Å². The molecule has 1 atom stereocenters. The Kier molecular flexibility index (Phi) is 6.69. The van der Waals surface area contributed by atoms with Gasteiger partial charge < -0.3 is 14.8 Å². The van der Waals surface area contributed by atoms with E-state index in [9.17, 15) is 13.2 Å². The van der Waals surface area contributed by atoms with Crippen LogP contribution in [0.15, 0.2) is 59.5 Å². The highest BCUT2D eigenvalue weighted by Gasteiger charge is 2.23. The van der Waals surface area contributed by atoms with Crippen molar-refractivity contribution in [2.24, 2.45) is 5.92 Å². The summed E-state index contributed by atoms with van der Waals surface area (Å²) in [5, 5.41) is 2.95. The molecule has 1 aromatic heterocycles. The molecule has 2 heterocycles. The van der Waals surface area contributed by atoms with Crippen LogP contribution < -0.4 is 19.5 Å². The molecule has 2 aromatic carbocycles. The smallest absolute Gasteiger partial charge is 0.264 e. The number of anilines is 1. The predicted molar refractivity (Wildman–Crippen MR) is 127 cm³/mol. The van der Waals surface area contributed by atoms with E-state index in [1.54, 1.807) is 25.3 Å². The summed E-state index contributed by atoms with van der Waals surface area (Å²) >= 11 is 0. The Morgan fingerprint density at radius 1 is 1.12 bits per heavy atom. The van der Waals surface area contributed by atoms with E-state index in [1.807, 2.05) is 32.0 Å². The number of ether oxygens (including phenoxy) is 2. The van der Waals surface area contributed by atoms with Crippen LogP contribution in [0.1, 0.15) is 30.6 Å². The van der Waals surface area contributed by atoms with Crippen LogP contribution in [0.4, 0.5) is 5.95 Å². The second-order valence-electron chi connectivity index (χ2n) is 8.36. The van der Waals surface area contributed by atoms with Crippen molar-refractivity contribution in [3.63, 3.8) is 0 Å². The molecule has 0 spiro atoms. The lowest BCUT2D eigenvalue weighted by atomic mass is 10.0. The maximum absolute atomic E-state index is 13.1. The lowest BCUT2D eigenvalue weighted by Crippen LogP contribution is -2.40. The zero-order chi connectivity index (χ0) is 24.3. The first-order valence-corrected chi connectivity index (χ1v) is 12.3. The number of aromatic nitrogens is 2. The van der Waals surface area contributed by atoms with Gasteiger partial charge in [-0.25, -0.2) is 18.1 Å². The molecule has 0 saturated heterocycles. The summed E-state index contributed by atoms with van der Waals surface area (Å²) in [4.78, 5) is 21.5. The zero-order valence-electron chi connectivity index (χ0n) is 19.1. The normalized spacial score (nSPS) is 17.3. The number of carbonyl (C=O) groups excluding carboxylic acids is 1. The second kappa shape index (κ2) is 9.68. The van der Waals surface area contributed by atoms with E-state index >= 15 is 0 Å². The standard InChI is InChI=1S/C24H26N4O5S/c1-15(2)11-17-14-33-22-13-20(19-9-4-5-10-21(19)32-3)26-24(27-22)28-34(30,31)18-8-6-7-16(12-18)23(29)25-17/h4-10,12-13,15,17H,11,14H2,1-3H3,(H,25,29)(H,26,27,28)/t17-/m1/s1. The molecule has 1 amide bonds. The largest absolute Gasteiger partial charge is 0.496 e. The van der Waals surface area contributed by atoms with Gasteiger partial charge in [-0.3, -0.25) is 4.79 Å². The molecule has 34 heavy (non-hydrogen) atoms. The third-order valence-corrected chi connectivity index (χ3v) is 6.57. The van der Waals surface area contributed by atoms with Gasteiger partial charge >= 0.3 is 0 Å². The molecule has 178 valence electrons. The van der Waals surface area contributed by atoms with Crippen molar-refractivity contribution in [1.82, 2.24) is 15.3 Å². The van der Waals surface area contributed by atoms with Crippen molar-refractivity contribution in [3.8, 4) is 22.9 Å². The number of methoxy groups -OCH3 is 1. The maximum Gasteiger partial charge on any atom is 0.264 e. The lowest BCUT2D eigenvalue weighted by Gasteiger charge is -2.21. The van der Waals surface area contributed by atoms with Crippen LogP contribution in [-0.4, -0.2) is 44.1 Å². The topological polar surface area (TPSA) is 120 Å². The Bertz CT molecular complexity index is 1310. The second-order valence-corrected chi connectivity index (χ2v) is 10.0. The molecule has 2 N–H and O–H groups in total. The van der Waals surface area contributed by atoms with Gasteiger partial charge in [-0.05, 0) is 42.7 Å². The molecule has 9 nitrogen and oxygen atoms in total. The average molecular weight is 483 g/mol. The Morgan fingerprint density at radius 2 is 1.91 bits per heavy atom. The molecule has 0 fully saturated rings. The predicted octanol–water partition coefficient (Wildman–Crippen LogP) is 3.49. The molecule has 0 aliphatic carbocycles. The summed E-state index contributed by atoms with van der Waals surface area (Å²) in [5.74, 6) is 0.503. The SMILES string of the molecule is COc1ccccc1-c1cc2nc(n1)NS(=O)(=O)c1cccc(c1)C(=O)N[C@H](CC(C)C)CO2. The van der Waals surface area contributed by atoms with Gasteiger partial charge in [0.2, 0.25) is 11.8 Å². The highest BCUT2D eigenvalue weighted by atomic mass is 32.2. The third-order valence-electron chi connectivity index (χ3n) is 5.24. The summed E-state index contributed by atoms with van der Waals surface area (Å²) in [7, 11) is -2.53. The van der Waals surface area contributed by atoms with Gasteiger partial charge in [0.15, 0.2) is 0 Å². The molecule has 4 bridgehead atoms. The van der Waals surface area contributed by atoms with Gasteiger partial charge in [0.25, 0.3) is 15.9 Å². The summed E-state index contributed by atoms with van der Waals surface area (Å²) in [6.07, 6.45) is 0.666. The van der Waals surface area contributed by atoms with Crippen molar-refractivity contribution in [2.75, 3.05) is 18.4 Å². The summed E-state index contributed by atoms with van der Waals surface area (Å²) < 4.78 is 39.9. The first kappa shape index (κ1) is 23.5. The van der Waals surface area contributed by atoms with Crippen LogP contribution in [0.5, 0.6) is 11.6 Å². The van der Waals surface area contributed by atoms with E-state index in [-0.39, 0.29) is 40.8 Å². The summed E-state index contributed by atoms with van der Waals surface area (Å²) in [6, 6.07) is 14.4. The molecular weight excluding hydrogens is 456 g/mol. The molecule has 3 aromatic rings. The molecule has 0 unspecified atom stereocenters. The number of para-hydroxylation sites is 1. The fraction of sp³-hybridized carbons (Fsp3) is 0.292. The average Bonchev–Trinajstić information content (AvgIpc) is 2.81. The van der Waals surface area contributed by atoms with E-state index in [0.717, 1.165) is 0 Å². The first-order valence-electron chi connectivity index (χ1n) is 10.8. The Balaban J connectivity index is 1.84. The quantitative estimate of drug-likeness (QED) is 0.584. The monoisotopic (exact) mass is 482 g/mol. The van der Waals surface area contributed by atoms with Crippen LogP contribution in [0.25, 0.3) is 11.3 Å². The van der Waals surface area contributed by atoms with E-state index in [2.05, 4.69) is 20.0 Å². The molecule has 1 aliphatic heterocycles. The van der Waals surface area contributed by atoms with Crippen LogP contribution >= 0.6 is 0 Å². The van der Waals surface area contributed by atoms with Crippen molar-refractivity contribution in [1.29, 1.82) is 0 Å². The number of fused-ring (bicyclic) bond motifs is 4. The highest BCUT2D eigenvalue weighted by Crippen LogP contribution is 2.31. The minimum atomic E-state index is -4.07. The van der Waals surface area contributed by atoms with E-state index in [4.69, 9.17) is 9.47 Å². The Labute approximate surface area is 198 Å². The fourth-order valence-corrected chi connectivity index (χ4v) is 4.70. The van der Waals surface area contributed by atoms with Gasteiger partial charge in [-0.2, -0.15) is 4.98 Å². The molecule has 0 radical (unpaired) electrons. The highest BCUT2D eigenvalue weighted by molar-refractivity contribution is 7.92. The van der Waals surface area contributed by atoms with Crippen molar-refractivity contribution in [3.05, 3.63) is 60.2 Å². The Hall–Kier alpha value is -3.66. The van der Waals surface area contributed by atoms with Gasteiger partial charge in [0.1, 0.15) is 12.4 Å². The number of benzene rings is 2. The van der Waals surface area contributed by atoms with Crippen LogP contribution in [0, 0.1) is 5.92 Å². The number of rotatable bonds is 4. The minimum Gasteiger partial charge on any atom is -0.496 e. The maximum atomic E-state index is 13.1. The molecule has 4 rings (SSSR count). The van der Waals surface area contributed by atoms with Crippen LogP contribution in [0.2, 0.25) is 0 Å². The molecular formula is C24H26N4O5S. The number of sulfonamides is 1. The Morgan fingerprint density at radius 3 is 2.68 bits per heavy atom.